The first-order valence-electron chi connectivity index (χ1n) is 5.53. The first kappa shape index (κ1) is 12.6. The number of nitrogens with zero attached hydrogens (tertiary/aromatic N) is 2. The van der Waals surface area contributed by atoms with E-state index < -0.39 is 6.04 Å². The van der Waals surface area contributed by atoms with Crippen LogP contribution in [0.5, 0.6) is 0 Å². The molecule has 0 fully saturated rings. The van der Waals surface area contributed by atoms with E-state index in [1.54, 1.807) is 6.20 Å². The second kappa shape index (κ2) is 5.65. The summed E-state index contributed by atoms with van der Waals surface area (Å²) in [6.07, 6.45) is 1.69. The van der Waals surface area contributed by atoms with Gasteiger partial charge in [0.15, 0.2) is 6.04 Å². The molecule has 0 amide bonds. The summed E-state index contributed by atoms with van der Waals surface area (Å²) in [5.41, 5.74) is 2.81. The molecule has 0 aliphatic heterocycles. The molecule has 1 unspecified atom stereocenters. The fraction of sp³-hybridized carbons (Fsp3) is 0.143. The van der Waals surface area contributed by atoms with Gasteiger partial charge in [-0.2, -0.15) is 5.26 Å². The highest BCUT2D eigenvalue weighted by molar-refractivity contribution is 9.10. The lowest BCUT2D eigenvalue weighted by molar-refractivity contribution is 0.932. The van der Waals surface area contributed by atoms with Crippen LogP contribution in [-0.4, -0.2) is 4.98 Å². The summed E-state index contributed by atoms with van der Waals surface area (Å²) >= 11 is 3.33. The highest BCUT2D eigenvalue weighted by atomic mass is 79.9. The number of pyridine rings is 1. The van der Waals surface area contributed by atoms with Crippen LogP contribution in [0.1, 0.15) is 17.3 Å². The molecule has 1 heterocycles. The van der Waals surface area contributed by atoms with E-state index in [4.69, 9.17) is 0 Å². The van der Waals surface area contributed by atoms with Gasteiger partial charge in [-0.1, -0.05) is 17.7 Å². The van der Waals surface area contributed by atoms with Gasteiger partial charge in [-0.3, -0.25) is 4.98 Å². The van der Waals surface area contributed by atoms with Gasteiger partial charge in [0.1, 0.15) is 0 Å². The number of halogens is 1. The van der Waals surface area contributed by atoms with E-state index in [-0.39, 0.29) is 0 Å². The van der Waals surface area contributed by atoms with Crippen molar-refractivity contribution in [3.63, 3.8) is 0 Å². The lowest BCUT2D eigenvalue weighted by atomic mass is 10.1. The van der Waals surface area contributed by atoms with Gasteiger partial charge in [-0.05, 0) is 47.1 Å². The molecule has 90 valence electrons. The molecule has 0 aliphatic carbocycles. The van der Waals surface area contributed by atoms with Gasteiger partial charge in [0.2, 0.25) is 0 Å². The smallest absolute Gasteiger partial charge is 0.157 e. The number of aromatic nitrogens is 1. The topological polar surface area (TPSA) is 48.7 Å². The Labute approximate surface area is 115 Å². The maximum atomic E-state index is 9.20. The minimum atomic E-state index is -0.444. The van der Waals surface area contributed by atoms with E-state index in [1.807, 2.05) is 43.3 Å². The van der Waals surface area contributed by atoms with Crippen LogP contribution >= 0.6 is 15.9 Å². The van der Waals surface area contributed by atoms with Crippen LogP contribution < -0.4 is 5.32 Å². The van der Waals surface area contributed by atoms with E-state index in [0.29, 0.717) is 5.69 Å². The van der Waals surface area contributed by atoms with Gasteiger partial charge in [0.05, 0.1) is 11.8 Å². The first-order chi connectivity index (χ1) is 8.69. The van der Waals surface area contributed by atoms with Crippen molar-refractivity contribution in [2.75, 3.05) is 5.32 Å². The Morgan fingerprint density at radius 2 is 1.94 bits per heavy atom. The van der Waals surface area contributed by atoms with Crippen molar-refractivity contribution >= 4 is 21.6 Å². The summed E-state index contributed by atoms with van der Waals surface area (Å²) in [5.74, 6) is 0. The van der Waals surface area contributed by atoms with Gasteiger partial charge in [0, 0.05) is 16.4 Å². The Morgan fingerprint density at radius 3 is 2.50 bits per heavy atom. The first-order valence-corrected chi connectivity index (χ1v) is 6.32. The van der Waals surface area contributed by atoms with Crippen molar-refractivity contribution in [1.29, 1.82) is 5.26 Å². The monoisotopic (exact) mass is 301 g/mol. The standard InChI is InChI=1S/C14H12BrN3/c1-10-2-5-12(6-3-10)18-14(8-16)13-7-4-11(15)9-17-13/h2-7,9,14,18H,1H3. The highest BCUT2D eigenvalue weighted by Gasteiger charge is 2.11. The third-order valence-corrected chi connectivity index (χ3v) is 3.01. The van der Waals surface area contributed by atoms with E-state index >= 15 is 0 Å². The van der Waals surface area contributed by atoms with Crippen molar-refractivity contribution in [3.05, 3.63) is 58.3 Å². The Morgan fingerprint density at radius 1 is 1.22 bits per heavy atom. The number of benzene rings is 1. The summed E-state index contributed by atoms with van der Waals surface area (Å²) in [5, 5.41) is 12.4. The quantitative estimate of drug-likeness (QED) is 0.937. The molecule has 18 heavy (non-hydrogen) atoms. The van der Waals surface area contributed by atoms with Crippen LogP contribution in [0, 0.1) is 18.3 Å². The molecule has 0 bridgehead atoms. The van der Waals surface area contributed by atoms with E-state index in [2.05, 4.69) is 32.3 Å². The van der Waals surface area contributed by atoms with Crippen molar-refractivity contribution in [2.45, 2.75) is 13.0 Å². The molecule has 2 aromatic rings. The largest absolute Gasteiger partial charge is 0.365 e. The highest BCUT2D eigenvalue weighted by Crippen LogP contribution is 2.19. The number of aryl methyl sites for hydroxylation is 1. The molecular formula is C14H12BrN3. The minimum absolute atomic E-state index is 0.444. The van der Waals surface area contributed by atoms with Crippen molar-refractivity contribution in [3.8, 4) is 6.07 Å². The predicted octanol–water partition coefficient (Wildman–Crippen LogP) is 3.83. The van der Waals surface area contributed by atoms with Gasteiger partial charge >= 0.3 is 0 Å². The van der Waals surface area contributed by atoms with Gasteiger partial charge in [-0.15, -0.1) is 0 Å². The molecule has 0 saturated carbocycles. The fourth-order valence-corrected chi connectivity index (χ4v) is 1.78. The molecule has 0 saturated heterocycles. The number of rotatable bonds is 3. The van der Waals surface area contributed by atoms with Crippen molar-refractivity contribution in [2.24, 2.45) is 0 Å². The third kappa shape index (κ3) is 3.08. The second-order valence-electron chi connectivity index (χ2n) is 3.97. The third-order valence-electron chi connectivity index (χ3n) is 2.54. The minimum Gasteiger partial charge on any atom is -0.365 e. The number of hydrogen-bond donors (Lipinski definition) is 1. The van der Waals surface area contributed by atoms with Crippen LogP contribution in [0.3, 0.4) is 0 Å². The second-order valence-corrected chi connectivity index (χ2v) is 4.89. The number of anilines is 1. The zero-order valence-corrected chi connectivity index (χ0v) is 11.5. The molecule has 1 N–H and O–H groups in total. The fourth-order valence-electron chi connectivity index (χ4n) is 1.55. The van der Waals surface area contributed by atoms with Crippen LogP contribution in [0.15, 0.2) is 47.1 Å². The lowest BCUT2D eigenvalue weighted by Crippen LogP contribution is -2.09. The predicted molar refractivity (Wildman–Crippen MR) is 75.1 cm³/mol. The average molecular weight is 302 g/mol. The van der Waals surface area contributed by atoms with Crippen LogP contribution in [-0.2, 0) is 0 Å². The van der Waals surface area contributed by atoms with Gasteiger partial charge in [0.25, 0.3) is 0 Å². The zero-order chi connectivity index (χ0) is 13.0. The van der Waals surface area contributed by atoms with E-state index in [1.165, 1.54) is 5.56 Å². The molecule has 2 rings (SSSR count). The normalized spacial score (nSPS) is 11.6. The van der Waals surface area contributed by atoms with E-state index in [9.17, 15) is 5.26 Å². The zero-order valence-electron chi connectivity index (χ0n) is 9.89. The summed E-state index contributed by atoms with van der Waals surface area (Å²) in [6, 6.07) is 13.4. The van der Waals surface area contributed by atoms with Crippen molar-refractivity contribution in [1.82, 2.24) is 4.98 Å². The average Bonchev–Trinajstić information content (AvgIpc) is 2.39. The molecule has 0 spiro atoms. The van der Waals surface area contributed by atoms with Crippen LogP contribution in [0.25, 0.3) is 0 Å². The summed E-state index contributed by atoms with van der Waals surface area (Å²) in [6.45, 7) is 2.03. The lowest BCUT2D eigenvalue weighted by Gasteiger charge is -2.12. The molecule has 0 aliphatic rings. The molecule has 1 aromatic heterocycles. The molecule has 1 atom stereocenters. The Balaban J connectivity index is 2.17. The number of hydrogen-bond acceptors (Lipinski definition) is 3. The van der Waals surface area contributed by atoms with Crippen LogP contribution in [0.2, 0.25) is 0 Å². The molecular weight excluding hydrogens is 290 g/mol. The van der Waals surface area contributed by atoms with Gasteiger partial charge in [-0.25, -0.2) is 0 Å². The molecule has 4 heteroatoms. The SMILES string of the molecule is Cc1ccc(NC(C#N)c2ccc(Br)cn2)cc1. The maximum Gasteiger partial charge on any atom is 0.157 e. The molecule has 0 radical (unpaired) electrons. The van der Waals surface area contributed by atoms with Gasteiger partial charge < -0.3 is 5.32 Å². The molecule has 3 nitrogen and oxygen atoms in total. The van der Waals surface area contributed by atoms with E-state index in [0.717, 1.165) is 10.2 Å². The number of nitrogens with one attached hydrogen (secondary N) is 1. The summed E-state index contributed by atoms with van der Waals surface area (Å²) in [7, 11) is 0. The Hall–Kier alpha value is -1.86. The Kier molecular flexibility index (Phi) is 3.96. The Bertz CT molecular complexity index is 555. The number of nitriles is 1. The summed E-state index contributed by atoms with van der Waals surface area (Å²) < 4.78 is 0.901. The summed E-state index contributed by atoms with van der Waals surface area (Å²) in [4.78, 5) is 4.23. The molecule has 1 aromatic carbocycles. The van der Waals surface area contributed by atoms with Crippen LogP contribution in [0.4, 0.5) is 5.69 Å². The maximum absolute atomic E-state index is 9.20. The van der Waals surface area contributed by atoms with Crippen molar-refractivity contribution < 1.29 is 0 Å².